The molecule has 0 radical (unpaired) electrons. The predicted octanol–water partition coefficient (Wildman–Crippen LogP) is 8.04. The van der Waals surface area contributed by atoms with Crippen molar-refractivity contribution in [1.82, 2.24) is 0 Å². The molecule has 210 valence electrons. The van der Waals surface area contributed by atoms with E-state index in [1.165, 1.54) is 0 Å². The van der Waals surface area contributed by atoms with Crippen molar-refractivity contribution in [2.45, 2.75) is 0 Å². The van der Waals surface area contributed by atoms with Crippen molar-refractivity contribution in [3.8, 4) is 17.2 Å². The molecule has 0 aromatic heterocycles. The van der Waals surface area contributed by atoms with Gasteiger partial charge < -0.3 is 14.0 Å². The second-order valence-corrected chi connectivity index (χ2v) is 8.21. The molecule has 3 nitrogen and oxygen atoms in total. The highest BCUT2D eigenvalue weighted by molar-refractivity contribution is 6.40. The first-order valence-corrected chi connectivity index (χ1v) is 11.0. The van der Waals surface area contributed by atoms with Gasteiger partial charge >= 0.3 is 7.32 Å². The van der Waals surface area contributed by atoms with Crippen molar-refractivity contribution in [1.29, 1.82) is 0 Å². The first kappa shape index (κ1) is 27.9. The van der Waals surface area contributed by atoms with E-state index in [1.807, 2.05) is 0 Å². The van der Waals surface area contributed by atoms with Gasteiger partial charge in [-0.25, -0.2) is 43.9 Å². The molecule has 5 rings (SSSR count). The third kappa shape index (κ3) is 4.70. The highest BCUT2D eigenvalue weighted by atomic mass is 19.2. The summed E-state index contributed by atoms with van der Waals surface area (Å²) < 4.78 is 171. The van der Waals surface area contributed by atoms with Crippen LogP contribution in [0.5, 0.6) is 17.2 Å². The molecule has 0 N–H and O–H groups in total. The maximum Gasteiger partial charge on any atom is 0.864 e. The zero-order valence-electron chi connectivity index (χ0n) is 19.6. The Hall–Kier alpha value is -4.69. The number of fused-ring (bicyclic) bond motifs is 2. The third-order valence-electron chi connectivity index (χ3n) is 5.75. The lowest BCUT2D eigenvalue weighted by atomic mass is 10.1. The van der Waals surface area contributed by atoms with Crippen molar-refractivity contribution in [2.75, 3.05) is 0 Å². The van der Waals surface area contributed by atoms with Crippen molar-refractivity contribution in [3.05, 3.63) is 113 Å². The van der Waals surface area contributed by atoms with Crippen LogP contribution in [0.3, 0.4) is 0 Å². The minimum Gasteiger partial charge on any atom is -0.489 e. The number of hydrogen-bond acceptors (Lipinski definition) is 3. The topological polar surface area (TPSA) is 27.7 Å². The SMILES string of the molecule is Fc1cc(F)c(F)c(OB(Oc2cccc3c(F)c(F)c(F)c(F)c23)Oc2cccc3c(F)c(F)c(F)c(F)c23)c1. The van der Waals surface area contributed by atoms with Crippen LogP contribution in [0.1, 0.15) is 0 Å². The van der Waals surface area contributed by atoms with Crippen molar-refractivity contribution in [3.63, 3.8) is 0 Å². The predicted molar refractivity (Wildman–Crippen MR) is 122 cm³/mol. The van der Waals surface area contributed by atoms with Gasteiger partial charge in [-0.2, -0.15) is 4.39 Å². The summed E-state index contributed by atoms with van der Waals surface area (Å²) in [6.45, 7) is 0. The van der Waals surface area contributed by atoms with E-state index in [0.29, 0.717) is 0 Å². The summed E-state index contributed by atoms with van der Waals surface area (Å²) in [5.41, 5.74) is 0. The zero-order chi connectivity index (χ0) is 29.7. The minimum atomic E-state index is -2.59. The van der Waals surface area contributed by atoms with Crippen molar-refractivity contribution >= 4 is 28.9 Å². The molecule has 0 saturated carbocycles. The molecule has 5 aromatic carbocycles. The average molecular weight is 588 g/mol. The van der Waals surface area contributed by atoms with E-state index in [2.05, 4.69) is 0 Å². The number of benzene rings is 5. The smallest absolute Gasteiger partial charge is 0.489 e. The average Bonchev–Trinajstić information content (AvgIpc) is 2.95. The second-order valence-electron chi connectivity index (χ2n) is 8.21. The molecule has 0 saturated heterocycles. The molecule has 0 spiro atoms. The molecule has 0 unspecified atom stereocenters. The van der Waals surface area contributed by atoms with Gasteiger partial charge in [0.05, 0.1) is 10.8 Å². The van der Waals surface area contributed by atoms with Gasteiger partial charge in [0.2, 0.25) is 0 Å². The molecule has 5 aromatic rings. The Labute approximate surface area is 221 Å². The molecule has 0 atom stereocenters. The lowest BCUT2D eigenvalue weighted by Crippen LogP contribution is -2.37. The Kier molecular flexibility index (Phi) is 7.05. The lowest BCUT2D eigenvalue weighted by Gasteiger charge is -2.19. The van der Waals surface area contributed by atoms with Crippen molar-refractivity contribution < 1.29 is 62.3 Å². The number of hydrogen-bond donors (Lipinski definition) is 0. The minimum absolute atomic E-state index is 0.124. The van der Waals surface area contributed by atoms with E-state index in [-0.39, 0.29) is 12.1 Å². The van der Waals surface area contributed by atoms with Gasteiger partial charge in [-0.3, -0.25) is 0 Å². The summed E-state index contributed by atoms with van der Waals surface area (Å²) in [4.78, 5) is 0. The fourth-order valence-corrected chi connectivity index (χ4v) is 3.92. The van der Waals surface area contributed by atoms with Crippen LogP contribution in [-0.4, -0.2) is 7.32 Å². The highest BCUT2D eigenvalue weighted by Crippen LogP contribution is 2.37. The lowest BCUT2D eigenvalue weighted by molar-refractivity contribution is 0.298. The summed E-state index contributed by atoms with van der Waals surface area (Å²) in [5.74, 6) is -24.5. The van der Waals surface area contributed by atoms with Crippen LogP contribution in [0.15, 0.2) is 48.5 Å². The third-order valence-corrected chi connectivity index (χ3v) is 5.75. The van der Waals surface area contributed by atoms with E-state index in [1.54, 1.807) is 0 Å². The Bertz CT molecular complexity index is 1760. The molecule has 0 aliphatic rings. The van der Waals surface area contributed by atoms with Gasteiger partial charge in [-0.05, 0) is 12.1 Å². The summed E-state index contributed by atoms with van der Waals surface area (Å²) in [7, 11) is -2.59. The summed E-state index contributed by atoms with van der Waals surface area (Å²) in [5, 5.41) is -3.82. The van der Waals surface area contributed by atoms with E-state index < -0.39 is 110 Å². The second kappa shape index (κ2) is 10.4. The van der Waals surface area contributed by atoms with E-state index in [0.717, 1.165) is 36.4 Å². The van der Waals surface area contributed by atoms with Gasteiger partial charge in [0.25, 0.3) is 0 Å². The molecule has 0 aliphatic heterocycles. The van der Waals surface area contributed by atoms with Gasteiger partial charge in [-0.15, -0.1) is 0 Å². The molecule has 0 amide bonds. The normalized spacial score (nSPS) is 11.3. The highest BCUT2D eigenvalue weighted by Gasteiger charge is 2.36. The molecule has 0 aliphatic carbocycles. The summed E-state index contributed by atoms with van der Waals surface area (Å²) in [6, 6.07) is 5.65. The monoisotopic (exact) mass is 588 g/mol. The molecule has 41 heavy (non-hydrogen) atoms. The maximum absolute atomic E-state index is 14.7. The zero-order valence-corrected chi connectivity index (χ0v) is 19.6. The van der Waals surface area contributed by atoms with Crippen LogP contribution in [0.2, 0.25) is 0 Å². The molecular formula is C26H8BF11O3. The van der Waals surface area contributed by atoms with Crippen LogP contribution in [0.4, 0.5) is 48.3 Å². The maximum atomic E-state index is 14.7. The van der Waals surface area contributed by atoms with Gasteiger partial charge in [0, 0.05) is 22.9 Å². The fourth-order valence-electron chi connectivity index (χ4n) is 3.92. The van der Waals surface area contributed by atoms with Gasteiger partial charge in [-0.1, -0.05) is 24.3 Å². The quantitative estimate of drug-likeness (QED) is 0.0871. The van der Waals surface area contributed by atoms with Crippen LogP contribution < -0.4 is 14.0 Å². The van der Waals surface area contributed by atoms with E-state index >= 15 is 0 Å². The Balaban J connectivity index is 1.68. The van der Waals surface area contributed by atoms with Crippen LogP contribution in [0, 0.1) is 64.0 Å². The largest absolute Gasteiger partial charge is 0.864 e. The molecule has 0 bridgehead atoms. The first-order valence-electron chi connectivity index (χ1n) is 11.0. The summed E-state index contributed by atoms with van der Waals surface area (Å²) >= 11 is 0. The molecular weight excluding hydrogens is 580 g/mol. The van der Waals surface area contributed by atoms with Gasteiger partial charge in [0.1, 0.15) is 23.1 Å². The molecule has 0 fully saturated rings. The molecule has 0 heterocycles. The Morgan fingerprint density at radius 1 is 0.415 bits per heavy atom. The number of halogens is 11. The standard InChI is InChI=1S/C26H8BF11O3/c28-9-7-12(29)20(32)15(8-9)41-27(39-13-5-1-3-10-16(13)21(33)25(37)23(35)18(10)30)40-14-6-2-4-11-17(14)22(34)26(38)24(36)19(11)31/h1-8H. The van der Waals surface area contributed by atoms with Gasteiger partial charge in [0.15, 0.2) is 58.2 Å². The summed E-state index contributed by atoms with van der Waals surface area (Å²) in [6.07, 6.45) is 0. The van der Waals surface area contributed by atoms with Crippen LogP contribution in [0.25, 0.3) is 21.5 Å². The van der Waals surface area contributed by atoms with Crippen LogP contribution >= 0.6 is 0 Å². The Morgan fingerprint density at radius 3 is 1.29 bits per heavy atom. The number of rotatable bonds is 6. The first-order chi connectivity index (χ1) is 19.4. The molecule has 15 heteroatoms. The Morgan fingerprint density at radius 2 is 0.829 bits per heavy atom. The van der Waals surface area contributed by atoms with Crippen LogP contribution in [-0.2, 0) is 0 Å². The fraction of sp³-hybridized carbons (Fsp3) is 0. The van der Waals surface area contributed by atoms with Crippen molar-refractivity contribution in [2.24, 2.45) is 0 Å². The van der Waals surface area contributed by atoms with E-state index in [9.17, 15) is 48.3 Å². The van der Waals surface area contributed by atoms with E-state index in [4.69, 9.17) is 14.0 Å².